The van der Waals surface area contributed by atoms with Crippen LogP contribution < -0.4 is 0 Å². The van der Waals surface area contributed by atoms with Crippen molar-refractivity contribution in [3.05, 3.63) is 47.8 Å². The topological polar surface area (TPSA) is 100 Å². The van der Waals surface area contributed by atoms with Gasteiger partial charge in [0.25, 0.3) is 0 Å². The summed E-state index contributed by atoms with van der Waals surface area (Å²) in [6, 6.07) is 6.15. The molecule has 21 heavy (non-hydrogen) atoms. The molecule has 0 aliphatic rings. The molecule has 6 nitrogen and oxygen atoms in total. The van der Waals surface area contributed by atoms with E-state index in [1.54, 1.807) is 12.1 Å². The summed E-state index contributed by atoms with van der Waals surface area (Å²) in [6.45, 7) is 0. The van der Waals surface area contributed by atoms with Crippen LogP contribution in [0, 0.1) is 0 Å². The Kier molecular flexibility index (Phi) is 6.95. The molecular formula is C12H10MgN2O4S2. The number of carbonyl (C=O) groups is 2. The molecule has 0 bridgehead atoms. The zero-order chi connectivity index (χ0) is 14.5. The maximum atomic E-state index is 10.7. The van der Waals surface area contributed by atoms with Crippen LogP contribution in [0.5, 0.6) is 0 Å². The molecule has 0 unspecified atom stereocenters. The number of hydrogen-bond acceptors (Lipinski definition) is 6. The maximum absolute atomic E-state index is 10.7. The summed E-state index contributed by atoms with van der Waals surface area (Å²) in [5, 5.41) is 18.8. The lowest BCUT2D eigenvalue weighted by Gasteiger charge is -2.01. The van der Waals surface area contributed by atoms with Crippen LogP contribution >= 0.6 is 21.6 Å². The third-order valence-corrected chi connectivity index (χ3v) is 4.36. The summed E-state index contributed by atoms with van der Waals surface area (Å²) in [4.78, 5) is 29.3. The van der Waals surface area contributed by atoms with E-state index < -0.39 is 11.9 Å². The lowest BCUT2D eigenvalue weighted by atomic mass is 10.3. The second-order valence-electron chi connectivity index (χ2n) is 3.55. The molecule has 0 fully saturated rings. The number of rotatable bonds is 5. The SMILES string of the molecule is O=C(O)c1ccc(SSc2ccc(C(=O)O)cn2)nc1.[MgH2]. The minimum absolute atomic E-state index is 0. The van der Waals surface area contributed by atoms with E-state index in [1.807, 2.05) is 0 Å². The molecule has 106 valence electrons. The Labute approximate surface area is 143 Å². The second kappa shape index (κ2) is 8.22. The molecule has 0 aliphatic carbocycles. The van der Waals surface area contributed by atoms with Crippen LogP contribution in [-0.4, -0.2) is 55.2 Å². The van der Waals surface area contributed by atoms with Gasteiger partial charge in [0, 0.05) is 12.4 Å². The molecular weight excluding hydrogens is 325 g/mol. The molecule has 2 heterocycles. The van der Waals surface area contributed by atoms with E-state index in [-0.39, 0.29) is 34.2 Å². The molecule has 2 N–H and O–H groups in total. The standard InChI is InChI=1S/C12H8N2O4S2.Mg.2H/c15-11(16)7-1-3-9(13-5-7)19-20-10-4-2-8(6-14-10)12(17)18;;;/h1-6H,(H,15,16)(H,17,18);;;. The maximum Gasteiger partial charge on any atom is 0.337 e. The van der Waals surface area contributed by atoms with Gasteiger partial charge in [0.1, 0.15) is 10.1 Å². The Morgan fingerprint density at radius 3 is 1.43 bits per heavy atom. The van der Waals surface area contributed by atoms with Gasteiger partial charge in [-0.05, 0) is 45.9 Å². The van der Waals surface area contributed by atoms with Crippen molar-refractivity contribution < 1.29 is 19.8 Å². The van der Waals surface area contributed by atoms with Crippen molar-refractivity contribution in [1.29, 1.82) is 0 Å². The van der Waals surface area contributed by atoms with Gasteiger partial charge in [0.15, 0.2) is 0 Å². The molecule has 0 saturated carbocycles. The molecule has 2 aromatic heterocycles. The first-order valence-corrected chi connectivity index (χ1v) is 7.44. The molecule has 0 aliphatic heterocycles. The van der Waals surface area contributed by atoms with E-state index in [1.165, 1.54) is 46.1 Å². The number of aromatic nitrogens is 2. The molecule has 2 rings (SSSR count). The van der Waals surface area contributed by atoms with Gasteiger partial charge in [0.05, 0.1) is 11.1 Å². The van der Waals surface area contributed by atoms with Gasteiger partial charge >= 0.3 is 35.0 Å². The fourth-order valence-corrected chi connectivity index (χ4v) is 2.91. The van der Waals surface area contributed by atoms with Crippen molar-refractivity contribution >= 4 is 56.6 Å². The molecule has 2 aromatic rings. The molecule has 0 saturated heterocycles. The number of nitrogens with zero attached hydrogens (tertiary/aromatic N) is 2. The number of carboxylic acids is 2. The quantitative estimate of drug-likeness (QED) is 0.630. The van der Waals surface area contributed by atoms with Gasteiger partial charge in [-0.15, -0.1) is 0 Å². The first kappa shape index (κ1) is 17.8. The van der Waals surface area contributed by atoms with Crippen LogP contribution in [0.2, 0.25) is 0 Å². The van der Waals surface area contributed by atoms with Crippen molar-refractivity contribution in [2.24, 2.45) is 0 Å². The zero-order valence-electron chi connectivity index (χ0n) is 9.89. The highest BCUT2D eigenvalue weighted by molar-refractivity contribution is 8.76. The normalized spacial score (nSPS) is 9.71. The molecule has 0 aromatic carbocycles. The van der Waals surface area contributed by atoms with E-state index >= 15 is 0 Å². The van der Waals surface area contributed by atoms with Gasteiger partial charge in [-0.1, -0.05) is 0 Å². The summed E-state index contributed by atoms with van der Waals surface area (Å²) in [7, 11) is 2.62. The lowest BCUT2D eigenvalue weighted by molar-refractivity contribution is 0.0685. The highest BCUT2D eigenvalue weighted by Gasteiger charge is 2.06. The van der Waals surface area contributed by atoms with Gasteiger partial charge in [0.2, 0.25) is 0 Å². The molecule has 0 spiro atoms. The van der Waals surface area contributed by atoms with E-state index in [2.05, 4.69) is 9.97 Å². The van der Waals surface area contributed by atoms with Crippen LogP contribution in [0.1, 0.15) is 20.7 Å². The van der Waals surface area contributed by atoms with Crippen LogP contribution in [0.15, 0.2) is 46.7 Å². The number of carboxylic acid groups (broad SMARTS) is 2. The third-order valence-electron chi connectivity index (χ3n) is 2.18. The first-order chi connectivity index (χ1) is 9.56. The fourth-order valence-electron chi connectivity index (χ4n) is 1.20. The predicted octanol–water partition coefficient (Wildman–Crippen LogP) is 1.76. The molecule has 9 heteroatoms. The largest absolute Gasteiger partial charge is 0.478 e. The van der Waals surface area contributed by atoms with Crippen LogP contribution in [0.3, 0.4) is 0 Å². The summed E-state index contributed by atoms with van der Waals surface area (Å²) in [6.07, 6.45) is 2.57. The minimum atomic E-state index is -1.02. The Balaban J connectivity index is 0.00000220. The van der Waals surface area contributed by atoms with Crippen molar-refractivity contribution in [2.45, 2.75) is 10.1 Å². The van der Waals surface area contributed by atoms with Gasteiger partial charge in [-0.3, -0.25) is 0 Å². The average Bonchev–Trinajstić information content (AvgIpc) is 2.46. The Bertz CT molecular complexity index is 577. The summed E-state index contributed by atoms with van der Waals surface area (Å²) in [5.41, 5.74) is 0.256. The number of hydrogen-bond donors (Lipinski definition) is 2. The average molecular weight is 335 g/mol. The third kappa shape index (κ3) is 5.19. The number of aromatic carboxylic acids is 2. The highest BCUT2D eigenvalue weighted by Crippen LogP contribution is 2.34. The van der Waals surface area contributed by atoms with Gasteiger partial charge < -0.3 is 10.2 Å². The van der Waals surface area contributed by atoms with E-state index in [9.17, 15) is 9.59 Å². The summed E-state index contributed by atoms with van der Waals surface area (Å²) in [5.74, 6) is -2.04. The van der Waals surface area contributed by atoms with Crippen molar-refractivity contribution in [1.82, 2.24) is 9.97 Å². The second-order valence-corrected chi connectivity index (χ2v) is 5.72. The molecule has 0 amide bonds. The van der Waals surface area contributed by atoms with Crippen molar-refractivity contribution in [2.75, 3.05) is 0 Å². The predicted molar refractivity (Wildman–Crippen MR) is 82.7 cm³/mol. The Morgan fingerprint density at radius 1 is 0.810 bits per heavy atom. The smallest absolute Gasteiger partial charge is 0.337 e. The first-order valence-electron chi connectivity index (χ1n) is 5.29. The van der Waals surface area contributed by atoms with Gasteiger partial charge in [-0.25, -0.2) is 19.6 Å². The van der Waals surface area contributed by atoms with Crippen LogP contribution in [-0.2, 0) is 0 Å². The minimum Gasteiger partial charge on any atom is -0.478 e. The number of pyridine rings is 2. The fraction of sp³-hybridized carbons (Fsp3) is 0. The lowest BCUT2D eigenvalue weighted by Crippen LogP contribution is -1.96. The van der Waals surface area contributed by atoms with Crippen molar-refractivity contribution in [3.63, 3.8) is 0 Å². The van der Waals surface area contributed by atoms with Gasteiger partial charge in [-0.2, -0.15) is 0 Å². The highest BCUT2D eigenvalue weighted by atomic mass is 33.1. The van der Waals surface area contributed by atoms with E-state index in [4.69, 9.17) is 10.2 Å². The monoisotopic (exact) mass is 334 g/mol. The van der Waals surface area contributed by atoms with E-state index in [0.29, 0.717) is 10.1 Å². The van der Waals surface area contributed by atoms with Crippen LogP contribution in [0.4, 0.5) is 0 Å². The molecule has 0 radical (unpaired) electrons. The Hall–Kier alpha value is -1.29. The summed E-state index contributed by atoms with van der Waals surface area (Å²) < 4.78 is 0. The zero-order valence-corrected chi connectivity index (χ0v) is 11.5. The van der Waals surface area contributed by atoms with Crippen LogP contribution in [0.25, 0.3) is 0 Å². The summed E-state index contributed by atoms with van der Waals surface area (Å²) >= 11 is 0. The molecule has 0 atom stereocenters. The van der Waals surface area contributed by atoms with Crippen molar-refractivity contribution in [3.8, 4) is 0 Å². The Morgan fingerprint density at radius 2 is 1.19 bits per heavy atom. The van der Waals surface area contributed by atoms with E-state index in [0.717, 1.165) is 0 Å².